The first kappa shape index (κ1) is 14.5. The van der Waals surface area contributed by atoms with E-state index in [1.165, 1.54) is 29.5 Å². The molecule has 0 aliphatic heterocycles. The van der Waals surface area contributed by atoms with Gasteiger partial charge < -0.3 is 11.1 Å². The summed E-state index contributed by atoms with van der Waals surface area (Å²) in [4.78, 5) is 23.3. The number of nitro groups is 1. The maximum Gasteiger partial charge on any atom is 0.304 e. The minimum absolute atomic E-state index is 0.0278. The van der Waals surface area contributed by atoms with Crippen LogP contribution in [0.4, 0.5) is 11.4 Å². The van der Waals surface area contributed by atoms with Gasteiger partial charge in [-0.3, -0.25) is 14.9 Å². The number of hydrogen-bond acceptors (Lipinski definition) is 5. The number of amides is 1. The summed E-state index contributed by atoms with van der Waals surface area (Å²) in [6.07, 6.45) is 0. The monoisotopic (exact) mass is 355 g/mol. The van der Waals surface area contributed by atoms with Crippen molar-refractivity contribution < 1.29 is 9.72 Å². The van der Waals surface area contributed by atoms with Gasteiger partial charge in [0.1, 0.15) is 11.3 Å². The molecular formula is C12H10BrN3O3S. The highest BCUT2D eigenvalue weighted by molar-refractivity contribution is 9.10. The van der Waals surface area contributed by atoms with Crippen molar-refractivity contribution >= 4 is 44.5 Å². The first-order chi connectivity index (χ1) is 9.50. The molecule has 1 heterocycles. The van der Waals surface area contributed by atoms with Gasteiger partial charge >= 0.3 is 5.69 Å². The van der Waals surface area contributed by atoms with E-state index < -0.39 is 10.8 Å². The van der Waals surface area contributed by atoms with Gasteiger partial charge in [0.05, 0.1) is 11.5 Å². The smallest absolute Gasteiger partial charge is 0.304 e. The molecule has 0 aliphatic carbocycles. The molecule has 2 aromatic rings. The van der Waals surface area contributed by atoms with Crippen molar-refractivity contribution in [1.82, 2.24) is 5.32 Å². The molecule has 0 aliphatic rings. The highest BCUT2D eigenvalue weighted by atomic mass is 79.9. The van der Waals surface area contributed by atoms with E-state index in [2.05, 4.69) is 21.2 Å². The molecule has 1 aromatic heterocycles. The molecule has 8 heteroatoms. The highest BCUT2D eigenvalue weighted by Gasteiger charge is 2.22. The first-order valence-corrected chi connectivity index (χ1v) is 7.21. The number of nitrogen functional groups attached to an aromatic ring is 1. The predicted molar refractivity (Wildman–Crippen MR) is 80.7 cm³/mol. The van der Waals surface area contributed by atoms with Crippen LogP contribution in [0.15, 0.2) is 34.1 Å². The van der Waals surface area contributed by atoms with Gasteiger partial charge in [0.2, 0.25) is 0 Å². The van der Waals surface area contributed by atoms with Crippen molar-refractivity contribution in [3.05, 3.63) is 54.7 Å². The van der Waals surface area contributed by atoms with E-state index in [1.54, 1.807) is 0 Å². The average molecular weight is 356 g/mol. The third kappa shape index (κ3) is 2.97. The normalized spacial score (nSPS) is 10.2. The molecule has 1 aromatic carbocycles. The number of rotatable bonds is 4. The summed E-state index contributed by atoms with van der Waals surface area (Å²) in [5, 5.41) is 15.5. The van der Waals surface area contributed by atoms with Crippen LogP contribution in [0.5, 0.6) is 0 Å². The van der Waals surface area contributed by atoms with Gasteiger partial charge in [-0.1, -0.05) is 6.07 Å². The Bertz CT molecular complexity index is 672. The lowest BCUT2D eigenvalue weighted by molar-refractivity contribution is -0.384. The Morgan fingerprint density at radius 3 is 2.80 bits per heavy atom. The summed E-state index contributed by atoms with van der Waals surface area (Å²) < 4.78 is 0.893. The molecule has 0 saturated heterocycles. The number of hydrogen-bond donors (Lipinski definition) is 2. The quantitative estimate of drug-likeness (QED) is 0.500. The molecule has 6 nitrogen and oxygen atoms in total. The van der Waals surface area contributed by atoms with Gasteiger partial charge in [0.25, 0.3) is 5.91 Å². The third-order valence-corrected chi connectivity index (χ3v) is 4.52. The van der Waals surface area contributed by atoms with Gasteiger partial charge in [-0.15, -0.1) is 11.3 Å². The van der Waals surface area contributed by atoms with Gasteiger partial charge in [0.15, 0.2) is 0 Å². The Morgan fingerprint density at radius 2 is 2.20 bits per heavy atom. The lowest BCUT2D eigenvalue weighted by Crippen LogP contribution is -2.23. The minimum Gasteiger partial charge on any atom is -0.393 e. The fraction of sp³-hybridized carbons (Fsp3) is 0.0833. The lowest BCUT2D eigenvalue weighted by atomic mass is 10.1. The Kier molecular flexibility index (Phi) is 4.35. The molecule has 3 N–H and O–H groups in total. The van der Waals surface area contributed by atoms with Crippen molar-refractivity contribution in [1.29, 1.82) is 0 Å². The Hall–Kier alpha value is -1.93. The molecular weight excluding hydrogens is 346 g/mol. The van der Waals surface area contributed by atoms with Crippen LogP contribution in [0.3, 0.4) is 0 Å². The zero-order valence-electron chi connectivity index (χ0n) is 10.1. The zero-order chi connectivity index (χ0) is 14.7. The summed E-state index contributed by atoms with van der Waals surface area (Å²) in [5.41, 5.74) is 5.12. The number of anilines is 1. The molecule has 0 saturated carbocycles. The number of nitrogens with two attached hydrogens (primary N) is 1. The highest BCUT2D eigenvalue weighted by Crippen LogP contribution is 2.26. The number of nitrogens with one attached hydrogen (secondary N) is 1. The fourth-order valence-electron chi connectivity index (χ4n) is 1.66. The summed E-state index contributed by atoms with van der Waals surface area (Å²) in [6.45, 7) is 0.295. The van der Waals surface area contributed by atoms with Gasteiger partial charge in [-0.25, -0.2) is 0 Å². The van der Waals surface area contributed by atoms with Crippen molar-refractivity contribution in [3.63, 3.8) is 0 Å². The second-order valence-electron chi connectivity index (χ2n) is 3.87. The van der Waals surface area contributed by atoms with E-state index >= 15 is 0 Å². The number of carbonyl (C=O) groups excluding carboxylic acids is 1. The van der Waals surface area contributed by atoms with Gasteiger partial charge in [-0.2, -0.15) is 0 Å². The average Bonchev–Trinajstić information content (AvgIpc) is 2.80. The fourth-order valence-corrected chi connectivity index (χ4v) is 3.09. The van der Waals surface area contributed by atoms with Crippen molar-refractivity contribution in [3.8, 4) is 0 Å². The molecule has 0 spiro atoms. The van der Waals surface area contributed by atoms with Crippen LogP contribution in [-0.4, -0.2) is 10.8 Å². The van der Waals surface area contributed by atoms with Crippen LogP contribution in [0, 0.1) is 10.1 Å². The SMILES string of the molecule is Nc1cccc(C(=O)NCc2sccc2Br)c1[N+](=O)[O-]. The second-order valence-corrected chi connectivity index (χ2v) is 5.73. The van der Waals surface area contributed by atoms with Crippen molar-refractivity contribution in [2.75, 3.05) is 5.73 Å². The number of para-hydroxylation sites is 1. The number of carbonyl (C=O) groups is 1. The van der Waals surface area contributed by atoms with E-state index in [4.69, 9.17) is 5.73 Å². The van der Waals surface area contributed by atoms with Crippen LogP contribution in [0.2, 0.25) is 0 Å². The van der Waals surface area contributed by atoms with E-state index in [0.717, 1.165) is 9.35 Å². The van der Waals surface area contributed by atoms with Crippen LogP contribution >= 0.6 is 27.3 Å². The number of thiophene rings is 1. The van der Waals surface area contributed by atoms with Crippen LogP contribution in [0.25, 0.3) is 0 Å². The standard InChI is InChI=1S/C12H10BrN3O3S/c13-8-4-5-20-10(8)6-15-12(17)7-2-1-3-9(14)11(7)16(18)19/h1-5H,6,14H2,(H,15,17). The van der Waals surface area contributed by atoms with Crippen LogP contribution in [0.1, 0.15) is 15.2 Å². The number of nitrogens with zero attached hydrogens (tertiary/aromatic N) is 1. The van der Waals surface area contributed by atoms with Gasteiger partial charge in [-0.05, 0) is 39.5 Å². The molecule has 0 bridgehead atoms. The Balaban J connectivity index is 2.20. The van der Waals surface area contributed by atoms with Crippen LogP contribution in [-0.2, 0) is 6.54 Å². The summed E-state index contributed by atoms with van der Waals surface area (Å²) in [6, 6.07) is 6.16. The molecule has 1 amide bonds. The molecule has 0 radical (unpaired) electrons. The first-order valence-electron chi connectivity index (χ1n) is 5.53. The molecule has 2 rings (SSSR count). The van der Waals surface area contributed by atoms with Gasteiger partial charge in [0, 0.05) is 9.35 Å². The summed E-state index contributed by atoms with van der Waals surface area (Å²) >= 11 is 4.83. The van der Waals surface area contributed by atoms with Crippen LogP contribution < -0.4 is 11.1 Å². The van der Waals surface area contributed by atoms with E-state index in [-0.39, 0.29) is 16.9 Å². The number of halogens is 1. The largest absolute Gasteiger partial charge is 0.393 e. The van der Waals surface area contributed by atoms with Crippen molar-refractivity contribution in [2.24, 2.45) is 0 Å². The minimum atomic E-state index is -0.648. The maximum absolute atomic E-state index is 12.0. The number of nitro benzene ring substituents is 1. The van der Waals surface area contributed by atoms with E-state index in [1.807, 2.05) is 11.4 Å². The molecule has 0 atom stereocenters. The molecule has 104 valence electrons. The van der Waals surface area contributed by atoms with E-state index in [9.17, 15) is 14.9 Å². The third-order valence-electron chi connectivity index (χ3n) is 2.59. The predicted octanol–water partition coefficient (Wildman–Crippen LogP) is 2.93. The second kappa shape index (κ2) is 6.02. The maximum atomic E-state index is 12.0. The van der Waals surface area contributed by atoms with Crippen molar-refractivity contribution in [2.45, 2.75) is 6.54 Å². The Morgan fingerprint density at radius 1 is 1.45 bits per heavy atom. The number of benzene rings is 1. The summed E-state index contributed by atoms with van der Waals surface area (Å²) in [7, 11) is 0. The lowest BCUT2D eigenvalue weighted by Gasteiger charge is -2.06. The molecule has 0 fully saturated rings. The Labute approximate surface area is 126 Å². The molecule has 20 heavy (non-hydrogen) atoms. The zero-order valence-corrected chi connectivity index (χ0v) is 12.5. The summed E-state index contributed by atoms with van der Waals surface area (Å²) in [5.74, 6) is -0.524. The van der Waals surface area contributed by atoms with E-state index in [0.29, 0.717) is 6.54 Å². The topological polar surface area (TPSA) is 98.3 Å². The molecule has 0 unspecified atom stereocenters.